The molecule has 1 aromatic heterocycles. The van der Waals surface area contributed by atoms with Gasteiger partial charge in [-0.2, -0.15) is 0 Å². The fourth-order valence-electron chi connectivity index (χ4n) is 3.40. The highest BCUT2D eigenvalue weighted by atomic mass is 19.1. The number of esters is 1. The van der Waals surface area contributed by atoms with Crippen LogP contribution in [0.25, 0.3) is 16.6 Å². The van der Waals surface area contributed by atoms with Crippen molar-refractivity contribution in [3.05, 3.63) is 101 Å². The van der Waals surface area contributed by atoms with Gasteiger partial charge in [0.15, 0.2) is 0 Å². The highest BCUT2D eigenvalue weighted by molar-refractivity contribution is 6.17. The van der Waals surface area contributed by atoms with E-state index in [9.17, 15) is 18.4 Å². The van der Waals surface area contributed by atoms with E-state index in [0.717, 1.165) is 12.1 Å². The molecule has 4 nitrogen and oxygen atoms in total. The van der Waals surface area contributed by atoms with Gasteiger partial charge in [-0.3, -0.25) is 4.79 Å². The minimum atomic E-state index is -0.907. The van der Waals surface area contributed by atoms with E-state index in [2.05, 4.69) is 0 Å². The Morgan fingerprint density at radius 1 is 0.900 bits per heavy atom. The molecule has 0 fully saturated rings. The Labute approximate surface area is 171 Å². The molecule has 0 spiro atoms. The second-order valence-electron chi connectivity index (χ2n) is 6.62. The number of nitrogens with zero attached hydrogens (tertiary/aromatic N) is 1. The zero-order valence-electron chi connectivity index (χ0n) is 16.1. The van der Waals surface area contributed by atoms with Crippen LogP contribution in [0.2, 0.25) is 0 Å². The number of rotatable bonds is 5. The van der Waals surface area contributed by atoms with Crippen LogP contribution in [0.15, 0.2) is 72.9 Å². The Kier molecular flexibility index (Phi) is 5.14. The molecule has 0 aliphatic rings. The molecule has 150 valence electrons. The Morgan fingerprint density at radius 3 is 2.23 bits per heavy atom. The van der Waals surface area contributed by atoms with Crippen molar-refractivity contribution in [2.24, 2.45) is 0 Å². The lowest BCUT2D eigenvalue weighted by Crippen LogP contribution is -2.07. The molecule has 30 heavy (non-hydrogen) atoms. The van der Waals surface area contributed by atoms with Crippen LogP contribution in [-0.4, -0.2) is 22.9 Å². The van der Waals surface area contributed by atoms with Crippen molar-refractivity contribution < 1.29 is 23.1 Å². The van der Waals surface area contributed by atoms with E-state index >= 15 is 0 Å². The van der Waals surface area contributed by atoms with E-state index < -0.39 is 29.0 Å². The number of benzene rings is 3. The van der Waals surface area contributed by atoms with Crippen LogP contribution >= 0.6 is 0 Å². The fraction of sp³-hybridized carbons (Fsp3) is 0.0833. The van der Waals surface area contributed by atoms with E-state index in [4.69, 9.17) is 4.74 Å². The third kappa shape index (κ3) is 3.37. The van der Waals surface area contributed by atoms with E-state index in [-0.39, 0.29) is 12.2 Å². The van der Waals surface area contributed by atoms with Gasteiger partial charge in [-0.25, -0.2) is 13.6 Å². The van der Waals surface area contributed by atoms with Crippen LogP contribution in [0.4, 0.5) is 8.78 Å². The molecule has 3 aromatic carbocycles. The summed E-state index contributed by atoms with van der Waals surface area (Å²) in [5.41, 5.74) is 1.39. The van der Waals surface area contributed by atoms with E-state index in [0.29, 0.717) is 22.2 Å². The summed E-state index contributed by atoms with van der Waals surface area (Å²) in [5, 5.41) is 0.569. The summed E-state index contributed by atoms with van der Waals surface area (Å²) < 4.78 is 35.1. The second-order valence-corrected chi connectivity index (χ2v) is 6.62. The summed E-state index contributed by atoms with van der Waals surface area (Å²) in [6.07, 6.45) is 1.55. The summed E-state index contributed by atoms with van der Waals surface area (Å²) in [4.78, 5) is 24.9. The first-order valence-electron chi connectivity index (χ1n) is 9.37. The van der Waals surface area contributed by atoms with Gasteiger partial charge in [0.2, 0.25) is 5.78 Å². The normalized spacial score (nSPS) is 10.9. The van der Waals surface area contributed by atoms with E-state index in [1.165, 1.54) is 6.07 Å². The molecule has 1 heterocycles. The highest BCUT2D eigenvalue weighted by Gasteiger charge is 2.23. The number of hydrogen-bond donors (Lipinski definition) is 0. The van der Waals surface area contributed by atoms with Crippen molar-refractivity contribution in [2.45, 2.75) is 6.92 Å². The number of para-hydroxylation sites is 1. The molecule has 4 rings (SSSR count). The van der Waals surface area contributed by atoms with Crippen molar-refractivity contribution in [1.82, 2.24) is 4.57 Å². The molecule has 0 aliphatic heterocycles. The maximum Gasteiger partial charge on any atom is 0.338 e. The Balaban J connectivity index is 1.82. The van der Waals surface area contributed by atoms with Gasteiger partial charge in [-0.1, -0.05) is 24.3 Å². The van der Waals surface area contributed by atoms with Crippen molar-refractivity contribution in [3.8, 4) is 5.69 Å². The quantitative estimate of drug-likeness (QED) is 0.334. The molecule has 4 aromatic rings. The third-order valence-electron chi connectivity index (χ3n) is 4.80. The zero-order chi connectivity index (χ0) is 21.3. The standard InChI is InChI=1S/C24H17F2NO3/c1-2-30-24(29)15-10-12-16(13-11-15)27-14-18(17-6-3-4-9-21(17)27)23(28)22-19(25)7-5-8-20(22)26/h3-14H,2H2,1H3. The number of fused-ring (bicyclic) bond motifs is 1. The zero-order valence-corrected chi connectivity index (χ0v) is 16.1. The Morgan fingerprint density at radius 2 is 1.57 bits per heavy atom. The molecule has 6 heteroatoms. The number of ether oxygens (including phenoxy) is 1. The number of aromatic nitrogens is 1. The van der Waals surface area contributed by atoms with Gasteiger partial charge in [0.25, 0.3) is 0 Å². The van der Waals surface area contributed by atoms with Crippen molar-refractivity contribution in [1.29, 1.82) is 0 Å². The average Bonchev–Trinajstić information content (AvgIpc) is 3.13. The lowest BCUT2D eigenvalue weighted by Gasteiger charge is -2.07. The summed E-state index contributed by atoms with van der Waals surface area (Å²) in [6.45, 7) is 2.01. The summed E-state index contributed by atoms with van der Waals surface area (Å²) in [6, 6.07) is 17.1. The van der Waals surface area contributed by atoms with Crippen molar-refractivity contribution in [2.75, 3.05) is 6.61 Å². The third-order valence-corrected chi connectivity index (χ3v) is 4.80. The number of carbonyl (C=O) groups excluding carboxylic acids is 2. The van der Waals surface area contributed by atoms with Gasteiger partial charge in [0.1, 0.15) is 11.6 Å². The maximum absolute atomic E-state index is 14.2. The second kappa shape index (κ2) is 7.91. The predicted octanol–water partition coefficient (Wildman–Crippen LogP) is 5.32. The number of halogens is 2. The van der Waals surface area contributed by atoms with Gasteiger partial charge in [-0.15, -0.1) is 0 Å². The smallest absolute Gasteiger partial charge is 0.338 e. The number of hydrogen-bond acceptors (Lipinski definition) is 3. The van der Waals surface area contributed by atoms with Gasteiger partial charge in [0.05, 0.1) is 23.3 Å². The molecule has 0 bridgehead atoms. The van der Waals surface area contributed by atoms with Crippen LogP contribution in [0.3, 0.4) is 0 Å². The first-order chi connectivity index (χ1) is 14.5. The molecule has 0 amide bonds. The minimum absolute atomic E-state index is 0.184. The number of ketones is 1. The summed E-state index contributed by atoms with van der Waals surface area (Å²) >= 11 is 0. The molecule has 0 saturated carbocycles. The van der Waals surface area contributed by atoms with Gasteiger partial charge < -0.3 is 9.30 Å². The fourth-order valence-corrected chi connectivity index (χ4v) is 3.40. The molecular weight excluding hydrogens is 388 g/mol. The molecule has 0 atom stereocenters. The van der Waals surface area contributed by atoms with Gasteiger partial charge in [-0.05, 0) is 49.4 Å². The van der Waals surface area contributed by atoms with Crippen molar-refractivity contribution >= 4 is 22.7 Å². The highest BCUT2D eigenvalue weighted by Crippen LogP contribution is 2.28. The summed E-state index contributed by atoms with van der Waals surface area (Å²) in [7, 11) is 0. The largest absolute Gasteiger partial charge is 0.462 e. The molecule has 0 aliphatic carbocycles. The average molecular weight is 405 g/mol. The topological polar surface area (TPSA) is 48.3 Å². The Hall–Kier alpha value is -3.80. The summed E-state index contributed by atoms with van der Waals surface area (Å²) in [5.74, 6) is -2.97. The molecule has 0 radical (unpaired) electrons. The first-order valence-corrected chi connectivity index (χ1v) is 9.37. The Bertz CT molecular complexity index is 1240. The maximum atomic E-state index is 14.2. The van der Waals surface area contributed by atoms with Crippen molar-refractivity contribution in [3.63, 3.8) is 0 Å². The monoisotopic (exact) mass is 405 g/mol. The van der Waals surface area contributed by atoms with E-state index in [1.807, 2.05) is 12.1 Å². The molecule has 0 N–H and O–H groups in total. The van der Waals surface area contributed by atoms with Gasteiger partial charge in [0, 0.05) is 22.8 Å². The predicted molar refractivity (Wildman–Crippen MR) is 109 cm³/mol. The molecule has 0 saturated heterocycles. The molecule has 0 unspecified atom stereocenters. The molecular formula is C24H17F2NO3. The lowest BCUT2D eigenvalue weighted by atomic mass is 10.0. The van der Waals surface area contributed by atoms with Crippen LogP contribution in [0.5, 0.6) is 0 Å². The first kappa shape index (κ1) is 19.5. The van der Waals surface area contributed by atoms with Gasteiger partial charge >= 0.3 is 5.97 Å². The van der Waals surface area contributed by atoms with Crippen LogP contribution < -0.4 is 0 Å². The SMILES string of the molecule is CCOC(=O)c1ccc(-n2cc(C(=O)c3c(F)cccc3F)c3ccccc32)cc1. The number of carbonyl (C=O) groups is 2. The van der Waals surface area contributed by atoms with Crippen LogP contribution in [0.1, 0.15) is 33.2 Å². The van der Waals surface area contributed by atoms with Crippen LogP contribution in [-0.2, 0) is 4.74 Å². The van der Waals surface area contributed by atoms with E-state index in [1.54, 1.807) is 54.1 Å². The van der Waals surface area contributed by atoms with Crippen LogP contribution in [0, 0.1) is 11.6 Å². The minimum Gasteiger partial charge on any atom is -0.462 e. The lowest BCUT2D eigenvalue weighted by molar-refractivity contribution is 0.0526.